The maximum absolute atomic E-state index is 11.9. The van der Waals surface area contributed by atoms with Crippen molar-refractivity contribution >= 4 is 21.8 Å². The van der Waals surface area contributed by atoms with Gasteiger partial charge in [-0.3, -0.25) is 0 Å². The molecule has 0 aromatic heterocycles. The number of halogens is 3. The SMILES string of the molecule is NCCCc1ccc(S(=O)(=O)NCCSC(F)(F)F)cc1. The summed E-state index contributed by atoms with van der Waals surface area (Å²) in [5.74, 6) is -0.364. The van der Waals surface area contributed by atoms with Crippen molar-refractivity contribution in [2.24, 2.45) is 5.73 Å². The summed E-state index contributed by atoms with van der Waals surface area (Å²) in [4.78, 5) is 0.0380. The van der Waals surface area contributed by atoms with Gasteiger partial charge in [0, 0.05) is 12.3 Å². The summed E-state index contributed by atoms with van der Waals surface area (Å²) in [7, 11) is -3.77. The fourth-order valence-electron chi connectivity index (χ4n) is 1.57. The van der Waals surface area contributed by atoms with Crippen molar-refractivity contribution < 1.29 is 21.6 Å². The van der Waals surface area contributed by atoms with Gasteiger partial charge in [0.15, 0.2) is 0 Å². The van der Waals surface area contributed by atoms with Crippen LogP contribution in [0.4, 0.5) is 13.2 Å². The van der Waals surface area contributed by atoms with E-state index in [1.165, 1.54) is 12.1 Å². The van der Waals surface area contributed by atoms with E-state index in [-0.39, 0.29) is 29.0 Å². The van der Waals surface area contributed by atoms with Crippen molar-refractivity contribution in [2.75, 3.05) is 18.8 Å². The van der Waals surface area contributed by atoms with Gasteiger partial charge in [0.05, 0.1) is 4.90 Å². The van der Waals surface area contributed by atoms with E-state index in [9.17, 15) is 21.6 Å². The number of benzene rings is 1. The quantitative estimate of drug-likeness (QED) is 0.710. The van der Waals surface area contributed by atoms with Gasteiger partial charge >= 0.3 is 5.51 Å². The van der Waals surface area contributed by atoms with Gasteiger partial charge in [0.1, 0.15) is 0 Å². The van der Waals surface area contributed by atoms with Gasteiger partial charge in [-0.05, 0) is 48.8 Å². The molecule has 0 saturated heterocycles. The third-order valence-electron chi connectivity index (χ3n) is 2.56. The number of hydrogen-bond donors (Lipinski definition) is 2. The van der Waals surface area contributed by atoms with E-state index in [0.29, 0.717) is 6.54 Å². The van der Waals surface area contributed by atoms with Gasteiger partial charge in [-0.25, -0.2) is 13.1 Å². The summed E-state index contributed by atoms with van der Waals surface area (Å²) in [6, 6.07) is 6.22. The second kappa shape index (κ2) is 8.02. The lowest BCUT2D eigenvalue weighted by molar-refractivity contribution is -0.0327. The topological polar surface area (TPSA) is 72.2 Å². The fourth-order valence-corrected chi connectivity index (χ4v) is 3.16. The van der Waals surface area contributed by atoms with Crippen LogP contribution < -0.4 is 10.5 Å². The molecule has 0 aliphatic carbocycles. The Morgan fingerprint density at radius 3 is 2.33 bits per heavy atom. The van der Waals surface area contributed by atoms with E-state index in [1.807, 2.05) is 0 Å². The maximum Gasteiger partial charge on any atom is 0.441 e. The summed E-state index contributed by atoms with van der Waals surface area (Å²) in [6.07, 6.45) is 1.56. The zero-order valence-electron chi connectivity index (χ0n) is 11.2. The molecule has 0 aliphatic rings. The third kappa shape index (κ3) is 7.16. The van der Waals surface area contributed by atoms with Crippen molar-refractivity contribution in [3.8, 4) is 0 Å². The Balaban J connectivity index is 2.54. The second-order valence-corrected chi connectivity index (χ2v) is 7.15. The number of rotatable bonds is 8. The van der Waals surface area contributed by atoms with Crippen LogP contribution in [0.25, 0.3) is 0 Å². The number of sulfonamides is 1. The minimum absolute atomic E-state index is 0.0380. The lowest BCUT2D eigenvalue weighted by Gasteiger charge is -2.08. The molecule has 21 heavy (non-hydrogen) atoms. The van der Waals surface area contributed by atoms with Crippen molar-refractivity contribution in [1.82, 2.24) is 4.72 Å². The molecule has 1 rings (SSSR count). The Hall–Kier alpha value is -0.770. The highest BCUT2D eigenvalue weighted by atomic mass is 32.2. The highest BCUT2D eigenvalue weighted by Crippen LogP contribution is 2.29. The van der Waals surface area contributed by atoms with Crippen LogP contribution in [0.3, 0.4) is 0 Å². The molecule has 120 valence electrons. The number of nitrogens with one attached hydrogen (secondary N) is 1. The minimum Gasteiger partial charge on any atom is -0.330 e. The van der Waals surface area contributed by atoms with E-state index in [2.05, 4.69) is 4.72 Å². The Kier molecular flexibility index (Phi) is 6.98. The van der Waals surface area contributed by atoms with Crippen molar-refractivity contribution in [3.05, 3.63) is 29.8 Å². The average molecular weight is 342 g/mol. The average Bonchev–Trinajstić information content (AvgIpc) is 2.41. The molecule has 0 bridgehead atoms. The normalized spacial score (nSPS) is 12.6. The molecule has 0 saturated carbocycles. The largest absolute Gasteiger partial charge is 0.441 e. The molecule has 0 spiro atoms. The molecule has 0 fully saturated rings. The molecule has 0 atom stereocenters. The van der Waals surface area contributed by atoms with Crippen LogP contribution >= 0.6 is 11.8 Å². The Labute approximate surface area is 126 Å². The van der Waals surface area contributed by atoms with E-state index in [0.717, 1.165) is 18.4 Å². The zero-order valence-corrected chi connectivity index (χ0v) is 12.8. The summed E-state index contributed by atoms with van der Waals surface area (Å²) >= 11 is -0.258. The monoisotopic (exact) mass is 342 g/mol. The van der Waals surface area contributed by atoms with Crippen LogP contribution in [0, 0.1) is 0 Å². The number of alkyl halides is 3. The van der Waals surface area contributed by atoms with E-state index in [1.54, 1.807) is 12.1 Å². The molecule has 0 heterocycles. The molecule has 3 N–H and O–H groups in total. The van der Waals surface area contributed by atoms with Gasteiger partial charge < -0.3 is 5.73 Å². The number of thioether (sulfide) groups is 1. The summed E-state index contributed by atoms with van der Waals surface area (Å²) < 4.78 is 61.6. The van der Waals surface area contributed by atoms with Crippen LogP contribution in [-0.4, -0.2) is 32.8 Å². The molecule has 0 unspecified atom stereocenters. The lowest BCUT2D eigenvalue weighted by Crippen LogP contribution is -2.26. The van der Waals surface area contributed by atoms with Gasteiger partial charge in [-0.2, -0.15) is 13.2 Å². The predicted molar refractivity (Wildman–Crippen MR) is 77.5 cm³/mol. The van der Waals surface area contributed by atoms with Crippen LogP contribution in [-0.2, 0) is 16.4 Å². The number of nitrogens with two attached hydrogens (primary N) is 1. The highest BCUT2D eigenvalue weighted by molar-refractivity contribution is 8.00. The van der Waals surface area contributed by atoms with Crippen LogP contribution in [0.5, 0.6) is 0 Å². The first-order valence-corrected chi connectivity index (χ1v) is 8.71. The van der Waals surface area contributed by atoms with Crippen LogP contribution in [0.1, 0.15) is 12.0 Å². The van der Waals surface area contributed by atoms with Crippen LogP contribution in [0.15, 0.2) is 29.2 Å². The number of hydrogen-bond acceptors (Lipinski definition) is 4. The zero-order chi connectivity index (χ0) is 15.9. The molecular formula is C12H17F3N2O2S2. The smallest absolute Gasteiger partial charge is 0.330 e. The standard InChI is InChI=1S/C12H17F3N2O2S2/c13-12(14,15)20-9-8-17-21(18,19)11-5-3-10(4-6-11)2-1-7-16/h3-6,17H,1-2,7-9,16H2. The second-order valence-electron chi connectivity index (χ2n) is 4.23. The maximum atomic E-state index is 11.9. The fraction of sp³-hybridized carbons (Fsp3) is 0.500. The van der Waals surface area contributed by atoms with E-state index in [4.69, 9.17) is 5.73 Å². The third-order valence-corrected chi connectivity index (χ3v) is 4.78. The van der Waals surface area contributed by atoms with Crippen molar-refractivity contribution in [2.45, 2.75) is 23.2 Å². The van der Waals surface area contributed by atoms with Crippen molar-refractivity contribution in [3.63, 3.8) is 0 Å². The van der Waals surface area contributed by atoms with Gasteiger partial charge in [0.2, 0.25) is 10.0 Å². The molecule has 1 aromatic rings. The Bertz CT molecular complexity index is 530. The molecule has 9 heteroatoms. The first-order valence-electron chi connectivity index (χ1n) is 6.24. The van der Waals surface area contributed by atoms with Crippen molar-refractivity contribution in [1.29, 1.82) is 0 Å². The van der Waals surface area contributed by atoms with E-state index < -0.39 is 15.5 Å². The predicted octanol–water partition coefficient (Wildman–Crippen LogP) is 2.11. The van der Waals surface area contributed by atoms with Gasteiger partial charge in [-0.1, -0.05) is 12.1 Å². The Morgan fingerprint density at radius 1 is 1.19 bits per heavy atom. The van der Waals surface area contributed by atoms with Crippen LogP contribution in [0.2, 0.25) is 0 Å². The minimum atomic E-state index is -4.35. The molecule has 0 amide bonds. The molecule has 1 aromatic carbocycles. The molecular weight excluding hydrogens is 325 g/mol. The van der Waals surface area contributed by atoms with Gasteiger partial charge in [0.25, 0.3) is 0 Å². The molecule has 0 aliphatic heterocycles. The summed E-state index contributed by atoms with van der Waals surface area (Å²) in [6.45, 7) is 0.278. The van der Waals surface area contributed by atoms with E-state index >= 15 is 0 Å². The summed E-state index contributed by atoms with van der Waals surface area (Å²) in [5, 5.41) is 0. The lowest BCUT2D eigenvalue weighted by atomic mass is 10.1. The molecule has 0 radical (unpaired) electrons. The first kappa shape index (κ1) is 18.3. The first-order chi connectivity index (χ1) is 9.74. The Morgan fingerprint density at radius 2 is 1.81 bits per heavy atom. The summed E-state index contributed by atoms with van der Waals surface area (Å²) in [5.41, 5.74) is 2.00. The highest BCUT2D eigenvalue weighted by Gasteiger charge is 2.27. The van der Waals surface area contributed by atoms with Gasteiger partial charge in [-0.15, -0.1) is 0 Å². The molecule has 4 nitrogen and oxygen atoms in total. The number of aryl methyl sites for hydroxylation is 1.